The van der Waals surface area contributed by atoms with E-state index in [-0.39, 0.29) is 10.6 Å². The van der Waals surface area contributed by atoms with Gasteiger partial charge >= 0.3 is 0 Å². The standard InChI is InChI=1S/C22H22N4O5S/c1-30-19-10-11-21(31-2)17(13-19)14-24-25-22(27)16-26(18-7-6-12-23-15-18)32(28,29)20-8-4-3-5-9-20/h3-15H,16H2,1-2H3,(H,25,27)/b24-14-. The molecular weight excluding hydrogens is 432 g/mol. The maximum atomic E-state index is 13.2. The highest BCUT2D eigenvalue weighted by molar-refractivity contribution is 7.92. The Bertz CT molecular complexity index is 1190. The van der Waals surface area contributed by atoms with Gasteiger partial charge in [-0.3, -0.25) is 14.1 Å². The van der Waals surface area contributed by atoms with Gasteiger partial charge in [0.25, 0.3) is 15.9 Å². The van der Waals surface area contributed by atoms with Gasteiger partial charge in [0.15, 0.2) is 0 Å². The summed E-state index contributed by atoms with van der Waals surface area (Å²) in [6, 6.07) is 16.1. The molecule has 3 rings (SSSR count). The van der Waals surface area contributed by atoms with Crippen LogP contribution >= 0.6 is 0 Å². The smallest absolute Gasteiger partial charge is 0.264 e. The minimum atomic E-state index is -4.00. The maximum absolute atomic E-state index is 13.2. The Labute approximate surface area is 186 Å². The molecule has 0 saturated carbocycles. The molecule has 0 bridgehead atoms. The molecule has 0 spiro atoms. The fraction of sp³-hybridized carbons (Fsp3) is 0.136. The van der Waals surface area contributed by atoms with Crippen LogP contribution in [0.5, 0.6) is 11.5 Å². The topological polar surface area (TPSA) is 110 Å². The zero-order valence-corrected chi connectivity index (χ0v) is 18.3. The van der Waals surface area contributed by atoms with E-state index >= 15 is 0 Å². The van der Waals surface area contributed by atoms with Gasteiger partial charge in [0.2, 0.25) is 0 Å². The summed E-state index contributed by atoms with van der Waals surface area (Å²) < 4.78 is 37.8. The monoisotopic (exact) mass is 454 g/mol. The Kier molecular flexibility index (Phi) is 7.40. The van der Waals surface area contributed by atoms with E-state index in [2.05, 4.69) is 15.5 Å². The quantitative estimate of drug-likeness (QED) is 0.393. The van der Waals surface area contributed by atoms with Crippen LogP contribution in [0.3, 0.4) is 0 Å². The molecular formula is C22H22N4O5S. The van der Waals surface area contributed by atoms with Crippen molar-refractivity contribution in [2.24, 2.45) is 5.10 Å². The highest BCUT2D eigenvalue weighted by Gasteiger charge is 2.27. The number of nitrogens with one attached hydrogen (secondary N) is 1. The van der Waals surface area contributed by atoms with Crippen molar-refractivity contribution in [3.8, 4) is 11.5 Å². The number of pyridine rings is 1. The molecule has 3 aromatic rings. The molecule has 32 heavy (non-hydrogen) atoms. The molecule has 1 N–H and O–H groups in total. The third kappa shape index (κ3) is 5.41. The molecule has 0 saturated heterocycles. The van der Waals surface area contributed by atoms with Gasteiger partial charge in [-0.2, -0.15) is 5.10 Å². The van der Waals surface area contributed by atoms with Crippen molar-refractivity contribution in [3.63, 3.8) is 0 Å². The van der Waals surface area contributed by atoms with Crippen molar-refractivity contribution in [2.45, 2.75) is 4.90 Å². The highest BCUT2D eigenvalue weighted by atomic mass is 32.2. The molecule has 2 aromatic carbocycles. The predicted octanol–water partition coefficient (Wildman–Crippen LogP) is 2.44. The number of ether oxygens (including phenoxy) is 2. The lowest BCUT2D eigenvalue weighted by molar-refractivity contribution is -0.119. The Hall–Kier alpha value is -3.92. The van der Waals surface area contributed by atoms with Crippen molar-refractivity contribution in [2.75, 3.05) is 25.1 Å². The summed E-state index contributed by atoms with van der Waals surface area (Å²) in [5, 5.41) is 3.93. The molecule has 1 aromatic heterocycles. The largest absolute Gasteiger partial charge is 0.497 e. The van der Waals surface area contributed by atoms with Gasteiger partial charge in [0.05, 0.1) is 37.2 Å². The molecule has 1 amide bonds. The molecule has 0 aliphatic heterocycles. The van der Waals surface area contributed by atoms with Crippen LogP contribution in [-0.4, -0.2) is 46.3 Å². The SMILES string of the molecule is COc1ccc(OC)c(/C=N\NC(=O)CN(c2cccnc2)S(=O)(=O)c2ccccc2)c1. The zero-order chi connectivity index (χ0) is 23.0. The molecule has 0 radical (unpaired) electrons. The summed E-state index contributed by atoms with van der Waals surface area (Å²) in [5.41, 5.74) is 3.18. The van der Waals surface area contributed by atoms with Gasteiger partial charge in [-0.15, -0.1) is 0 Å². The third-order valence-corrected chi connectivity index (χ3v) is 6.17. The summed E-state index contributed by atoms with van der Waals surface area (Å²) in [6.07, 6.45) is 4.28. The molecule has 9 nitrogen and oxygen atoms in total. The van der Waals surface area contributed by atoms with Crippen LogP contribution in [0.1, 0.15) is 5.56 Å². The first-order valence-corrected chi connectivity index (χ1v) is 10.9. The zero-order valence-electron chi connectivity index (χ0n) is 17.5. The van der Waals surface area contributed by atoms with Gasteiger partial charge in [-0.1, -0.05) is 18.2 Å². The fourth-order valence-corrected chi connectivity index (χ4v) is 4.24. The molecule has 0 fully saturated rings. The first-order valence-electron chi connectivity index (χ1n) is 9.47. The van der Waals surface area contributed by atoms with Gasteiger partial charge in [0, 0.05) is 11.8 Å². The Morgan fingerprint density at radius 3 is 2.53 bits per heavy atom. The van der Waals surface area contributed by atoms with Crippen LogP contribution in [0.4, 0.5) is 5.69 Å². The van der Waals surface area contributed by atoms with Crippen molar-refractivity contribution < 1.29 is 22.7 Å². The number of anilines is 1. The maximum Gasteiger partial charge on any atom is 0.264 e. The average Bonchev–Trinajstić information content (AvgIpc) is 2.83. The van der Waals surface area contributed by atoms with E-state index in [4.69, 9.17) is 9.47 Å². The van der Waals surface area contributed by atoms with Gasteiger partial charge in [-0.05, 0) is 42.5 Å². The molecule has 0 atom stereocenters. The number of benzene rings is 2. The minimum Gasteiger partial charge on any atom is -0.497 e. The summed E-state index contributed by atoms with van der Waals surface area (Å²) in [5.74, 6) is 0.495. The van der Waals surface area contributed by atoms with Crippen molar-refractivity contribution in [1.29, 1.82) is 0 Å². The van der Waals surface area contributed by atoms with E-state index < -0.39 is 22.5 Å². The van der Waals surface area contributed by atoms with E-state index in [0.717, 1.165) is 4.31 Å². The van der Waals surface area contributed by atoms with Crippen LogP contribution in [0.25, 0.3) is 0 Å². The number of nitrogens with zero attached hydrogens (tertiary/aromatic N) is 3. The first kappa shape index (κ1) is 22.8. The Morgan fingerprint density at radius 1 is 1.09 bits per heavy atom. The number of hydrazone groups is 1. The number of hydrogen-bond acceptors (Lipinski definition) is 7. The van der Waals surface area contributed by atoms with Gasteiger partial charge in [0.1, 0.15) is 18.0 Å². The van der Waals surface area contributed by atoms with Crippen LogP contribution in [0.15, 0.2) is 83.1 Å². The number of amides is 1. The van der Waals surface area contributed by atoms with Crippen LogP contribution in [0, 0.1) is 0 Å². The van der Waals surface area contributed by atoms with Gasteiger partial charge in [-0.25, -0.2) is 13.8 Å². The number of rotatable bonds is 9. The van der Waals surface area contributed by atoms with Gasteiger partial charge < -0.3 is 9.47 Å². The van der Waals surface area contributed by atoms with Crippen molar-refractivity contribution in [1.82, 2.24) is 10.4 Å². The molecule has 10 heteroatoms. The summed E-state index contributed by atoms with van der Waals surface area (Å²) in [4.78, 5) is 16.6. The minimum absolute atomic E-state index is 0.0567. The number of methoxy groups -OCH3 is 2. The molecule has 0 aliphatic rings. The summed E-state index contributed by atoms with van der Waals surface area (Å²) >= 11 is 0. The van der Waals surface area contributed by atoms with Crippen LogP contribution < -0.4 is 19.2 Å². The number of hydrogen-bond donors (Lipinski definition) is 1. The number of sulfonamides is 1. The van der Waals surface area contributed by atoms with Crippen molar-refractivity contribution in [3.05, 3.63) is 78.6 Å². The van der Waals surface area contributed by atoms with Crippen molar-refractivity contribution >= 4 is 27.8 Å². The summed E-state index contributed by atoms with van der Waals surface area (Å²) in [6.45, 7) is -0.491. The van der Waals surface area contributed by atoms with E-state index in [1.165, 1.54) is 45.0 Å². The molecule has 0 aliphatic carbocycles. The first-order chi connectivity index (χ1) is 15.5. The Morgan fingerprint density at radius 2 is 1.88 bits per heavy atom. The Balaban J connectivity index is 1.80. The van der Waals surface area contributed by atoms with E-state index in [1.807, 2.05) is 0 Å². The number of carbonyl (C=O) groups is 1. The second kappa shape index (κ2) is 10.4. The molecule has 0 unspecified atom stereocenters. The number of aromatic nitrogens is 1. The lowest BCUT2D eigenvalue weighted by Gasteiger charge is -2.23. The number of carbonyl (C=O) groups excluding carboxylic acids is 1. The molecule has 1 heterocycles. The molecule has 166 valence electrons. The lowest BCUT2D eigenvalue weighted by atomic mass is 10.2. The van der Waals surface area contributed by atoms with E-state index in [0.29, 0.717) is 17.1 Å². The normalized spacial score (nSPS) is 11.2. The van der Waals surface area contributed by atoms with E-state index in [9.17, 15) is 13.2 Å². The van der Waals surface area contributed by atoms with Crippen LogP contribution in [-0.2, 0) is 14.8 Å². The summed E-state index contributed by atoms with van der Waals surface area (Å²) in [7, 11) is -0.958. The van der Waals surface area contributed by atoms with Crippen LogP contribution in [0.2, 0.25) is 0 Å². The average molecular weight is 455 g/mol. The third-order valence-electron chi connectivity index (χ3n) is 4.38. The second-order valence-corrected chi connectivity index (χ2v) is 8.30. The predicted molar refractivity (Wildman–Crippen MR) is 120 cm³/mol. The van der Waals surface area contributed by atoms with E-state index in [1.54, 1.807) is 48.5 Å². The lowest BCUT2D eigenvalue weighted by Crippen LogP contribution is -2.39. The fourth-order valence-electron chi connectivity index (χ4n) is 2.82. The highest BCUT2D eigenvalue weighted by Crippen LogP contribution is 2.23. The second-order valence-electron chi connectivity index (χ2n) is 6.44.